The molecule has 0 aliphatic rings. The van der Waals surface area contributed by atoms with Gasteiger partial charge >= 0.3 is 0 Å². The van der Waals surface area contributed by atoms with Gasteiger partial charge in [-0.3, -0.25) is 0 Å². The largest absolute Gasteiger partial charge is 0.506 e. The molecule has 0 aliphatic carbocycles. The van der Waals surface area contributed by atoms with Crippen LogP contribution in [0.3, 0.4) is 0 Å². The van der Waals surface area contributed by atoms with E-state index < -0.39 is 0 Å². The topological polar surface area (TPSA) is 37.3 Å². The summed E-state index contributed by atoms with van der Waals surface area (Å²) in [6.45, 7) is 0. The third-order valence-corrected chi connectivity index (χ3v) is 3.03. The van der Waals surface area contributed by atoms with Crippen molar-refractivity contribution in [3.8, 4) is 5.75 Å². The number of carbonyl (C=O) groups is 1. The second-order valence-corrected chi connectivity index (χ2v) is 3.67. The average Bonchev–Trinajstić information content (AvgIpc) is 2.51. The lowest BCUT2D eigenvalue weighted by molar-refractivity contribution is -0.107. The second-order valence-electron chi connectivity index (χ2n) is 2.79. The van der Waals surface area contributed by atoms with Crippen molar-refractivity contribution in [2.24, 2.45) is 0 Å². The molecule has 0 unspecified atom stereocenters. The van der Waals surface area contributed by atoms with E-state index in [4.69, 9.17) is 0 Å². The van der Waals surface area contributed by atoms with Crippen LogP contribution < -0.4 is 0 Å². The van der Waals surface area contributed by atoms with E-state index in [9.17, 15) is 9.90 Å². The first-order valence-electron chi connectivity index (χ1n) is 3.94. The van der Waals surface area contributed by atoms with Crippen LogP contribution in [-0.2, 0) is 11.2 Å². The van der Waals surface area contributed by atoms with Crippen LogP contribution >= 0.6 is 11.3 Å². The molecular formula is C10H8O2S. The molecule has 3 heteroatoms. The number of thiophene rings is 1. The van der Waals surface area contributed by atoms with Crippen LogP contribution in [0.1, 0.15) is 5.56 Å². The van der Waals surface area contributed by atoms with Gasteiger partial charge in [-0.2, -0.15) is 0 Å². The summed E-state index contributed by atoms with van der Waals surface area (Å²) < 4.78 is 0.861. The van der Waals surface area contributed by atoms with Crippen LogP contribution in [0.2, 0.25) is 0 Å². The van der Waals surface area contributed by atoms with Crippen molar-refractivity contribution in [3.05, 3.63) is 29.1 Å². The normalized spacial score (nSPS) is 10.5. The molecule has 1 aromatic heterocycles. The fourth-order valence-corrected chi connectivity index (χ4v) is 2.34. The number of benzene rings is 1. The van der Waals surface area contributed by atoms with E-state index >= 15 is 0 Å². The maximum Gasteiger partial charge on any atom is 0.133 e. The van der Waals surface area contributed by atoms with Gasteiger partial charge in [-0.05, 0) is 22.4 Å². The molecule has 1 heterocycles. The van der Waals surface area contributed by atoms with E-state index in [0.717, 1.165) is 21.9 Å². The van der Waals surface area contributed by atoms with Crippen LogP contribution in [-0.4, -0.2) is 11.4 Å². The molecule has 0 atom stereocenters. The summed E-state index contributed by atoms with van der Waals surface area (Å²) in [4.78, 5) is 10.3. The van der Waals surface area contributed by atoms with Crippen LogP contribution in [0, 0.1) is 0 Å². The van der Waals surface area contributed by atoms with Gasteiger partial charge in [-0.25, -0.2) is 0 Å². The molecule has 0 aliphatic heterocycles. The number of fused-ring (bicyclic) bond motifs is 1. The Morgan fingerprint density at radius 2 is 2.31 bits per heavy atom. The number of carbonyl (C=O) groups excluding carboxylic acids is 1. The Hall–Kier alpha value is -1.35. The van der Waals surface area contributed by atoms with Gasteiger partial charge in [0, 0.05) is 6.42 Å². The molecule has 13 heavy (non-hydrogen) atoms. The van der Waals surface area contributed by atoms with E-state index in [0.29, 0.717) is 12.2 Å². The Labute approximate surface area is 79.4 Å². The Bertz CT molecular complexity index is 445. The van der Waals surface area contributed by atoms with E-state index in [2.05, 4.69) is 0 Å². The summed E-state index contributed by atoms with van der Waals surface area (Å²) in [5, 5.41) is 12.4. The minimum Gasteiger partial charge on any atom is -0.506 e. The van der Waals surface area contributed by atoms with Crippen molar-refractivity contribution in [1.82, 2.24) is 0 Å². The monoisotopic (exact) mass is 192 g/mol. The highest BCUT2D eigenvalue weighted by Crippen LogP contribution is 2.32. The minimum absolute atomic E-state index is 0.291. The van der Waals surface area contributed by atoms with Crippen molar-refractivity contribution in [3.63, 3.8) is 0 Å². The molecule has 0 fully saturated rings. The van der Waals surface area contributed by atoms with Gasteiger partial charge in [0.25, 0.3) is 0 Å². The second kappa shape index (κ2) is 3.18. The zero-order valence-electron chi connectivity index (χ0n) is 6.86. The molecule has 1 N–H and O–H groups in total. The number of hydrogen-bond acceptors (Lipinski definition) is 3. The van der Waals surface area contributed by atoms with Gasteiger partial charge in [-0.15, -0.1) is 11.3 Å². The van der Waals surface area contributed by atoms with Gasteiger partial charge in [0.05, 0.1) is 4.70 Å². The lowest BCUT2D eigenvalue weighted by atomic mass is 10.1. The lowest BCUT2D eigenvalue weighted by Gasteiger charge is -1.94. The van der Waals surface area contributed by atoms with Gasteiger partial charge in [0.1, 0.15) is 12.0 Å². The molecule has 0 amide bonds. The van der Waals surface area contributed by atoms with Crippen LogP contribution in [0.5, 0.6) is 5.75 Å². The number of rotatable bonds is 2. The van der Waals surface area contributed by atoms with E-state index in [1.807, 2.05) is 11.4 Å². The fourth-order valence-electron chi connectivity index (χ4n) is 1.34. The van der Waals surface area contributed by atoms with E-state index in [1.165, 1.54) is 11.3 Å². The van der Waals surface area contributed by atoms with E-state index in [-0.39, 0.29) is 0 Å². The average molecular weight is 192 g/mol. The summed E-state index contributed by atoms with van der Waals surface area (Å²) in [6, 6.07) is 5.37. The van der Waals surface area contributed by atoms with E-state index in [1.54, 1.807) is 12.1 Å². The van der Waals surface area contributed by atoms with Gasteiger partial charge < -0.3 is 9.90 Å². The van der Waals surface area contributed by atoms with Gasteiger partial charge in [0.15, 0.2) is 0 Å². The van der Waals surface area contributed by atoms with Gasteiger partial charge in [0.2, 0.25) is 0 Å². The first kappa shape index (κ1) is 8.26. The number of phenols is 1. The standard InChI is InChI=1S/C10H8O2S/c11-5-4-7-6-13-10-8(7)2-1-3-9(10)12/h1-3,5-6,12H,4H2. The highest BCUT2D eigenvalue weighted by atomic mass is 32.1. The lowest BCUT2D eigenvalue weighted by Crippen LogP contribution is -1.81. The predicted octanol–water partition coefficient (Wildman–Crippen LogP) is 2.35. The molecule has 2 nitrogen and oxygen atoms in total. The molecule has 0 saturated heterocycles. The number of aromatic hydroxyl groups is 1. The molecule has 0 spiro atoms. The summed E-state index contributed by atoms with van der Waals surface area (Å²) >= 11 is 1.47. The molecule has 0 radical (unpaired) electrons. The van der Waals surface area contributed by atoms with Crippen molar-refractivity contribution < 1.29 is 9.90 Å². The highest BCUT2D eigenvalue weighted by Gasteiger charge is 2.05. The number of aldehydes is 1. The summed E-state index contributed by atoms with van der Waals surface area (Å²) in [6.07, 6.45) is 1.30. The summed E-state index contributed by atoms with van der Waals surface area (Å²) in [7, 11) is 0. The molecule has 1 aromatic carbocycles. The molecule has 66 valence electrons. The maximum absolute atomic E-state index is 10.3. The maximum atomic E-state index is 10.3. The van der Waals surface area contributed by atoms with Crippen molar-refractivity contribution >= 4 is 27.7 Å². The first-order valence-corrected chi connectivity index (χ1v) is 4.82. The Morgan fingerprint density at radius 1 is 1.46 bits per heavy atom. The molecule has 0 saturated carbocycles. The SMILES string of the molecule is O=CCc1csc2c(O)cccc12. The first-order chi connectivity index (χ1) is 6.33. The Balaban J connectivity index is 2.67. The Morgan fingerprint density at radius 3 is 3.08 bits per heavy atom. The van der Waals surface area contributed by atoms with Crippen molar-refractivity contribution in [1.29, 1.82) is 0 Å². The smallest absolute Gasteiger partial charge is 0.133 e. The Kier molecular flexibility index (Phi) is 2.02. The summed E-state index contributed by atoms with van der Waals surface area (Å²) in [5.74, 6) is 0.291. The summed E-state index contributed by atoms with van der Waals surface area (Å²) in [5.41, 5.74) is 0.992. The third-order valence-electron chi connectivity index (χ3n) is 1.96. The van der Waals surface area contributed by atoms with Crippen LogP contribution in [0.15, 0.2) is 23.6 Å². The fraction of sp³-hybridized carbons (Fsp3) is 0.100. The third kappa shape index (κ3) is 1.31. The number of hydrogen-bond donors (Lipinski definition) is 1. The van der Waals surface area contributed by atoms with Crippen LogP contribution in [0.25, 0.3) is 10.1 Å². The highest BCUT2D eigenvalue weighted by molar-refractivity contribution is 7.17. The van der Waals surface area contributed by atoms with Crippen molar-refractivity contribution in [2.75, 3.05) is 0 Å². The zero-order chi connectivity index (χ0) is 9.26. The zero-order valence-corrected chi connectivity index (χ0v) is 7.67. The van der Waals surface area contributed by atoms with Crippen LogP contribution in [0.4, 0.5) is 0 Å². The molecular weight excluding hydrogens is 184 g/mol. The molecule has 2 aromatic rings. The van der Waals surface area contributed by atoms with Crippen molar-refractivity contribution in [2.45, 2.75) is 6.42 Å². The molecule has 0 bridgehead atoms. The quantitative estimate of drug-likeness (QED) is 0.741. The number of phenolic OH excluding ortho intramolecular Hbond substituents is 1. The van der Waals surface area contributed by atoms with Gasteiger partial charge in [-0.1, -0.05) is 12.1 Å². The molecule has 2 rings (SSSR count). The predicted molar refractivity (Wildman–Crippen MR) is 53.3 cm³/mol. The minimum atomic E-state index is 0.291.